The zero-order chi connectivity index (χ0) is 50.3. The van der Waals surface area contributed by atoms with Gasteiger partial charge in [0.1, 0.15) is 22.7 Å². The molecule has 70 heavy (non-hydrogen) atoms. The number of rotatable bonds is 18. The first-order chi connectivity index (χ1) is 33.2. The molecule has 376 valence electrons. The number of hydrogen-bond donors (Lipinski definition) is 0. The summed E-state index contributed by atoms with van der Waals surface area (Å²) in [5.41, 5.74) is 6.62. The number of nitrogens with zero attached hydrogens (tertiary/aromatic N) is 8. The molecule has 6 heterocycles. The summed E-state index contributed by atoms with van der Waals surface area (Å²) in [5.74, 6) is 4.27. The van der Waals surface area contributed by atoms with E-state index in [1.807, 2.05) is 65.8 Å². The second-order valence-corrected chi connectivity index (χ2v) is 21.7. The Hall–Kier alpha value is -6.00. The molecular weight excluding hydrogens is 889 g/mol. The molecule has 0 aliphatic carbocycles. The molecule has 16 heteroatoms. The first-order valence-corrected chi connectivity index (χ1v) is 25.0. The van der Waals surface area contributed by atoms with E-state index in [1.165, 1.54) is 11.1 Å². The molecule has 2 saturated heterocycles. The Labute approximate surface area is 412 Å². The van der Waals surface area contributed by atoms with Crippen molar-refractivity contribution in [3.05, 3.63) is 82.3 Å². The first kappa shape index (κ1) is 51.8. The van der Waals surface area contributed by atoms with E-state index in [9.17, 15) is 9.59 Å². The molecule has 0 N–H and O–H groups in total. The average Bonchev–Trinajstić information content (AvgIpc) is 4.08. The maximum absolute atomic E-state index is 12.2. The molecule has 0 spiro atoms. The van der Waals surface area contributed by atoms with Crippen molar-refractivity contribution in [2.75, 3.05) is 26.2 Å². The van der Waals surface area contributed by atoms with E-state index in [4.69, 9.17) is 27.6 Å². The largest absolute Gasteiger partial charge is 0.460 e. The fourth-order valence-corrected chi connectivity index (χ4v) is 8.48. The third-order valence-electron chi connectivity index (χ3n) is 11.8. The van der Waals surface area contributed by atoms with Crippen LogP contribution in [0.1, 0.15) is 130 Å². The van der Waals surface area contributed by atoms with Crippen LogP contribution in [0.3, 0.4) is 0 Å². The Morgan fingerprint density at radius 3 is 1.39 bits per heavy atom. The molecule has 4 aromatic heterocycles. The van der Waals surface area contributed by atoms with Crippen LogP contribution < -0.4 is 0 Å². The summed E-state index contributed by atoms with van der Waals surface area (Å²) in [6, 6.07) is 16.2. The van der Waals surface area contributed by atoms with Gasteiger partial charge < -0.3 is 27.6 Å². The Morgan fingerprint density at radius 1 is 0.571 bits per heavy atom. The van der Waals surface area contributed by atoms with Crippen molar-refractivity contribution < 1.29 is 37.2 Å². The van der Waals surface area contributed by atoms with E-state index in [1.54, 1.807) is 0 Å². The van der Waals surface area contributed by atoms with Crippen molar-refractivity contribution in [3.8, 4) is 45.9 Å². The molecule has 8 rings (SSSR count). The summed E-state index contributed by atoms with van der Waals surface area (Å²) >= 11 is 0. The van der Waals surface area contributed by atoms with E-state index >= 15 is 0 Å². The fraction of sp³-hybridized carbons (Fsp3) is 0.556. The van der Waals surface area contributed by atoms with Crippen LogP contribution in [0.15, 0.2) is 66.6 Å². The predicted molar refractivity (Wildman–Crippen MR) is 265 cm³/mol. The van der Waals surface area contributed by atoms with Gasteiger partial charge in [0.15, 0.2) is 11.4 Å². The summed E-state index contributed by atoms with van der Waals surface area (Å²) in [4.78, 5) is 38.0. The minimum absolute atomic E-state index is 0.0403. The quantitative estimate of drug-likeness (QED) is 0.0739. The smallest absolute Gasteiger partial charge is 0.312 e. The van der Waals surface area contributed by atoms with E-state index in [2.05, 4.69) is 106 Å². The Kier molecular flexibility index (Phi) is 16.6. The standard InChI is InChI=1S/2C27H36N4O4/c1-7-8-22-21(13-17(2)3)23(29-34-22)25-28-24(30-35-25)19-11-9-18(10-12-19)14-31-15-20(16-31)26(32)33-27(4,5)6;1-7-8-21-22(13-17(2)3)34-29-23(21)25-28-24(30-35-25)19-11-9-18(10-12-19)14-31-15-20(16-31)26(32)33-27(4,5)6/h2*9-12,17,20H,7-8,13-16H2,1-6H3. The van der Waals surface area contributed by atoms with Crippen molar-refractivity contribution in [1.29, 1.82) is 0 Å². The number of esters is 2. The Bertz CT molecular complexity index is 2630. The van der Waals surface area contributed by atoms with Gasteiger partial charge in [-0.25, -0.2) is 0 Å². The van der Waals surface area contributed by atoms with Gasteiger partial charge >= 0.3 is 11.9 Å². The van der Waals surface area contributed by atoms with Crippen LogP contribution in [0.2, 0.25) is 0 Å². The maximum atomic E-state index is 12.2. The van der Waals surface area contributed by atoms with Crippen LogP contribution in [0, 0.1) is 23.7 Å². The number of aryl methyl sites for hydroxylation is 1. The van der Waals surface area contributed by atoms with Crippen LogP contribution >= 0.6 is 0 Å². The SMILES string of the molecule is CCCc1c(-c2nc(-c3ccc(CN4CC(C(=O)OC(C)(C)C)C4)cc3)no2)noc1CC(C)C.CCCc1onc(-c2nc(-c3ccc(CN4CC(C(=O)OC(C)(C)C)C4)cc3)no2)c1CC(C)C. The van der Waals surface area contributed by atoms with Gasteiger partial charge in [-0.15, -0.1) is 0 Å². The maximum Gasteiger partial charge on any atom is 0.312 e. The highest BCUT2D eigenvalue weighted by Gasteiger charge is 2.37. The summed E-state index contributed by atoms with van der Waals surface area (Å²) in [6.45, 7) is 28.8. The summed E-state index contributed by atoms with van der Waals surface area (Å²) < 4.78 is 33.3. The number of benzene rings is 2. The number of hydrogen-bond acceptors (Lipinski definition) is 16. The lowest BCUT2D eigenvalue weighted by atomic mass is 9.98. The van der Waals surface area contributed by atoms with Crippen LogP contribution in [-0.4, -0.2) is 89.7 Å². The van der Waals surface area contributed by atoms with E-state index in [-0.39, 0.29) is 23.8 Å². The molecule has 0 unspecified atom stereocenters. The van der Waals surface area contributed by atoms with Gasteiger partial charge in [-0.3, -0.25) is 19.4 Å². The zero-order valence-electron chi connectivity index (χ0n) is 43.3. The second-order valence-electron chi connectivity index (χ2n) is 21.7. The van der Waals surface area contributed by atoms with Crippen LogP contribution in [-0.2, 0) is 57.8 Å². The first-order valence-electron chi connectivity index (χ1n) is 25.0. The number of carbonyl (C=O) groups is 2. The molecule has 0 atom stereocenters. The third kappa shape index (κ3) is 13.7. The number of ether oxygens (including phenoxy) is 2. The third-order valence-corrected chi connectivity index (χ3v) is 11.8. The number of aromatic nitrogens is 6. The highest BCUT2D eigenvalue weighted by Crippen LogP contribution is 2.32. The summed E-state index contributed by atoms with van der Waals surface area (Å²) in [7, 11) is 0. The van der Waals surface area contributed by atoms with E-state index in [0.717, 1.165) is 112 Å². The van der Waals surface area contributed by atoms with Gasteiger partial charge in [-0.2, -0.15) is 9.97 Å². The average molecular weight is 961 g/mol. The highest BCUT2D eigenvalue weighted by atomic mass is 16.6. The van der Waals surface area contributed by atoms with Crippen molar-refractivity contribution in [1.82, 2.24) is 40.4 Å². The minimum atomic E-state index is -0.441. The molecule has 2 fully saturated rings. The molecule has 2 aliphatic heterocycles. The van der Waals surface area contributed by atoms with E-state index in [0.29, 0.717) is 46.7 Å². The minimum Gasteiger partial charge on any atom is -0.460 e. The monoisotopic (exact) mass is 961 g/mol. The molecular formula is C54H72N8O8. The van der Waals surface area contributed by atoms with Gasteiger partial charge in [0.2, 0.25) is 11.6 Å². The highest BCUT2D eigenvalue weighted by molar-refractivity contribution is 5.75. The summed E-state index contributed by atoms with van der Waals surface area (Å²) in [6.07, 6.45) is 5.36. The Morgan fingerprint density at radius 2 is 0.986 bits per heavy atom. The number of likely N-dealkylation sites (tertiary alicyclic amines) is 2. The molecule has 2 aliphatic rings. The molecule has 0 radical (unpaired) electrons. The lowest BCUT2D eigenvalue weighted by Gasteiger charge is -2.38. The van der Waals surface area contributed by atoms with Gasteiger partial charge in [-0.1, -0.05) is 117 Å². The predicted octanol–water partition coefficient (Wildman–Crippen LogP) is 10.6. The van der Waals surface area contributed by atoms with Crippen LogP contribution in [0.4, 0.5) is 0 Å². The van der Waals surface area contributed by atoms with Gasteiger partial charge in [-0.05, 0) is 83.8 Å². The number of carbonyl (C=O) groups excluding carboxylic acids is 2. The van der Waals surface area contributed by atoms with Gasteiger partial charge in [0, 0.05) is 74.4 Å². The van der Waals surface area contributed by atoms with Crippen molar-refractivity contribution in [3.63, 3.8) is 0 Å². The lowest BCUT2D eigenvalue weighted by molar-refractivity contribution is -0.167. The van der Waals surface area contributed by atoms with Gasteiger partial charge in [0.25, 0.3) is 11.8 Å². The second kappa shape index (κ2) is 22.4. The van der Waals surface area contributed by atoms with E-state index < -0.39 is 11.2 Å². The molecule has 6 aromatic rings. The topological polar surface area (TPSA) is 189 Å². The van der Waals surface area contributed by atoms with Crippen molar-refractivity contribution in [2.24, 2.45) is 23.7 Å². The molecule has 16 nitrogen and oxygen atoms in total. The molecule has 0 amide bonds. The van der Waals surface area contributed by atoms with Crippen LogP contribution in [0.25, 0.3) is 45.9 Å². The normalized spacial score (nSPS) is 14.9. The molecule has 0 saturated carbocycles. The summed E-state index contributed by atoms with van der Waals surface area (Å²) in [5, 5.41) is 16.9. The van der Waals surface area contributed by atoms with Crippen molar-refractivity contribution >= 4 is 11.9 Å². The van der Waals surface area contributed by atoms with Crippen molar-refractivity contribution in [2.45, 2.75) is 146 Å². The van der Waals surface area contributed by atoms with Crippen LogP contribution in [0.5, 0.6) is 0 Å². The molecule has 0 bridgehead atoms. The fourth-order valence-electron chi connectivity index (χ4n) is 8.48. The molecule has 2 aromatic carbocycles. The van der Waals surface area contributed by atoms with Gasteiger partial charge in [0.05, 0.1) is 11.8 Å². The lowest BCUT2D eigenvalue weighted by Crippen LogP contribution is -2.51. The zero-order valence-corrected chi connectivity index (χ0v) is 43.3. The Balaban J connectivity index is 0.000000206.